The van der Waals surface area contributed by atoms with E-state index in [1.807, 2.05) is 30.3 Å². The topological polar surface area (TPSA) is 76.0 Å². The lowest BCUT2D eigenvalue weighted by molar-refractivity contribution is -0.151. The standard InChI is InChI=1S/C13H16O5/c14-10-6-11(13(15)16)18-12(10)8-17-7-9-4-2-1-3-5-9/h1-5,10-12,14H,6-8H2,(H,15,16)/t10-,11-,12+/m0/s1. The zero-order valence-electron chi connectivity index (χ0n) is 9.86. The Morgan fingerprint density at radius 3 is 2.72 bits per heavy atom. The molecule has 18 heavy (non-hydrogen) atoms. The van der Waals surface area contributed by atoms with Crippen molar-refractivity contribution in [3.63, 3.8) is 0 Å². The molecule has 0 unspecified atom stereocenters. The second-order valence-electron chi connectivity index (χ2n) is 4.31. The molecule has 2 N–H and O–H groups in total. The molecule has 5 heteroatoms. The van der Waals surface area contributed by atoms with Crippen molar-refractivity contribution in [2.75, 3.05) is 6.61 Å². The first-order valence-corrected chi connectivity index (χ1v) is 5.85. The van der Waals surface area contributed by atoms with E-state index in [1.54, 1.807) is 0 Å². The molecule has 0 aromatic heterocycles. The Hall–Kier alpha value is -1.43. The normalized spacial score (nSPS) is 27.3. The average Bonchev–Trinajstić information content (AvgIpc) is 2.73. The first kappa shape index (κ1) is 13.0. The highest BCUT2D eigenvalue weighted by molar-refractivity contribution is 5.72. The van der Waals surface area contributed by atoms with Crippen molar-refractivity contribution in [2.24, 2.45) is 0 Å². The Balaban J connectivity index is 1.76. The number of hydrogen-bond donors (Lipinski definition) is 2. The maximum absolute atomic E-state index is 10.7. The smallest absolute Gasteiger partial charge is 0.332 e. The van der Waals surface area contributed by atoms with Crippen molar-refractivity contribution in [1.29, 1.82) is 0 Å². The Kier molecular flexibility index (Phi) is 4.30. The van der Waals surface area contributed by atoms with Crippen LogP contribution in [0.1, 0.15) is 12.0 Å². The van der Waals surface area contributed by atoms with E-state index in [0.717, 1.165) is 5.56 Å². The maximum Gasteiger partial charge on any atom is 0.332 e. The molecule has 1 aliphatic rings. The van der Waals surface area contributed by atoms with Crippen LogP contribution in [0.3, 0.4) is 0 Å². The van der Waals surface area contributed by atoms with Crippen molar-refractivity contribution >= 4 is 5.97 Å². The van der Waals surface area contributed by atoms with Gasteiger partial charge >= 0.3 is 5.97 Å². The summed E-state index contributed by atoms with van der Waals surface area (Å²) in [6, 6.07) is 9.63. The number of carbonyl (C=O) groups is 1. The SMILES string of the molecule is O=C(O)[C@@H]1C[C@H](O)[C@@H](COCc2ccccc2)O1. The van der Waals surface area contributed by atoms with Crippen LogP contribution in [-0.2, 0) is 20.9 Å². The van der Waals surface area contributed by atoms with Gasteiger partial charge in [0.05, 0.1) is 19.3 Å². The molecule has 1 aromatic rings. The summed E-state index contributed by atoms with van der Waals surface area (Å²) >= 11 is 0. The molecular formula is C13H16O5. The van der Waals surface area contributed by atoms with Crippen LogP contribution in [0, 0.1) is 0 Å². The Morgan fingerprint density at radius 1 is 1.39 bits per heavy atom. The van der Waals surface area contributed by atoms with Crippen LogP contribution in [0.25, 0.3) is 0 Å². The third-order valence-corrected chi connectivity index (χ3v) is 2.89. The van der Waals surface area contributed by atoms with Gasteiger partial charge in [0.25, 0.3) is 0 Å². The molecule has 0 spiro atoms. The predicted molar refractivity (Wildman–Crippen MR) is 63.0 cm³/mol. The van der Waals surface area contributed by atoms with Crippen molar-refractivity contribution < 1.29 is 24.5 Å². The summed E-state index contributed by atoms with van der Waals surface area (Å²) in [5, 5.41) is 18.4. The highest BCUT2D eigenvalue weighted by atomic mass is 16.6. The second kappa shape index (κ2) is 5.95. The molecule has 98 valence electrons. The molecule has 1 fully saturated rings. The van der Waals surface area contributed by atoms with E-state index in [2.05, 4.69) is 0 Å². The molecule has 0 aliphatic carbocycles. The van der Waals surface area contributed by atoms with Gasteiger partial charge in [-0.2, -0.15) is 0 Å². The first-order chi connectivity index (χ1) is 8.66. The number of ether oxygens (including phenoxy) is 2. The summed E-state index contributed by atoms with van der Waals surface area (Å²) in [6.45, 7) is 0.616. The zero-order chi connectivity index (χ0) is 13.0. The fraction of sp³-hybridized carbons (Fsp3) is 0.462. The van der Waals surface area contributed by atoms with Crippen LogP contribution >= 0.6 is 0 Å². The number of aliphatic hydroxyl groups excluding tert-OH is 1. The van der Waals surface area contributed by atoms with Crippen molar-refractivity contribution in [3.8, 4) is 0 Å². The molecule has 0 bridgehead atoms. The van der Waals surface area contributed by atoms with E-state index in [-0.39, 0.29) is 13.0 Å². The highest BCUT2D eigenvalue weighted by Crippen LogP contribution is 2.21. The van der Waals surface area contributed by atoms with E-state index in [9.17, 15) is 9.90 Å². The van der Waals surface area contributed by atoms with Crippen LogP contribution in [0.4, 0.5) is 0 Å². The Bertz CT molecular complexity index is 392. The maximum atomic E-state index is 10.7. The molecule has 1 aromatic carbocycles. The predicted octanol–water partition coefficient (Wildman–Crippen LogP) is 0.806. The van der Waals surface area contributed by atoms with Crippen LogP contribution in [0.15, 0.2) is 30.3 Å². The lowest BCUT2D eigenvalue weighted by Crippen LogP contribution is -2.27. The molecule has 1 saturated heterocycles. The third-order valence-electron chi connectivity index (χ3n) is 2.89. The lowest BCUT2D eigenvalue weighted by atomic mass is 10.1. The molecule has 1 aliphatic heterocycles. The van der Waals surface area contributed by atoms with E-state index >= 15 is 0 Å². The van der Waals surface area contributed by atoms with Gasteiger partial charge in [0, 0.05) is 6.42 Å². The van der Waals surface area contributed by atoms with Crippen molar-refractivity contribution in [3.05, 3.63) is 35.9 Å². The summed E-state index contributed by atoms with van der Waals surface area (Å²) in [5.74, 6) is -1.04. The summed E-state index contributed by atoms with van der Waals surface area (Å²) in [4.78, 5) is 10.7. The van der Waals surface area contributed by atoms with Crippen LogP contribution in [0.5, 0.6) is 0 Å². The second-order valence-corrected chi connectivity index (χ2v) is 4.31. The molecule has 5 nitrogen and oxygen atoms in total. The number of aliphatic carboxylic acids is 1. The van der Waals surface area contributed by atoms with E-state index in [0.29, 0.717) is 6.61 Å². The summed E-state index contributed by atoms with van der Waals surface area (Å²) in [6.07, 6.45) is -2.14. The highest BCUT2D eigenvalue weighted by Gasteiger charge is 2.37. The van der Waals surface area contributed by atoms with Gasteiger partial charge in [-0.15, -0.1) is 0 Å². The molecule has 3 atom stereocenters. The third kappa shape index (κ3) is 3.29. The van der Waals surface area contributed by atoms with Crippen LogP contribution in [0.2, 0.25) is 0 Å². The number of carboxylic acid groups (broad SMARTS) is 1. The van der Waals surface area contributed by atoms with E-state index < -0.39 is 24.3 Å². The number of rotatable bonds is 5. The minimum absolute atomic E-state index is 0.120. The molecule has 1 heterocycles. The number of benzene rings is 1. The lowest BCUT2D eigenvalue weighted by Gasteiger charge is -2.14. The minimum atomic E-state index is -1.04. The van der Waals surface area contributed by atoms with Gasteiger partial charge in [0.1, 0.15) is 6.10 Å². The molecule has 0 saturated carbocycles. The summed E-state index contributed by atoms with van der Waals surface area (Å²) in [5.41, 5.74) is 1.03. The summed E-state index contributed by atoms with van der Waals surface area (Å²) < 4.78 is 10.6. The molecule has 0 radical (unpaired) electrons. The van der Waals surface area contributed by atoms with Gasteiger partial charge in [0.2, 0.25) is 0 Å². The Labute approximate surface area is 105 Å². The molecular weight excluding hydrogens is 236 g/mol. The number of aliphatic hydroxyl groups is 1. The van der Waals surface area contributed by atoms with Gasteiger partial charge in [-0.3, -0.25) is 0 Å². The van der Waals surface area contributed by atoms with Gasteiger partial charge in [-0.25, -0.2) is 4.79 Å². The van der Waals surface area contributed by atoms with Crippen molar-refractivity contribution in [2.45, 2.75) is 31.3 Å². The first-order valence-electron chi connectivity index (χ1n) is 5.85. The van der Waals surface area contributed by atoms with Gasteiger partial charge in [-0.05, 0) is 5.56 Å². The summed E-state index contributed by atoms with van der Waals surface area (Å²) in [7, 11) is 0. The minimum Gasteiger partial charge on any atom is -0.479 e. The average molecular weight is 252 g/mol. The fourth-order valence-corrected chi connectivity index (χ4v) is 1.90. The number of carboxylic acids is 1. The van der Waals surface area contributed by atoms with E-state index in [1.165, 1.54) is 0 Å². The number of hydrogen-bond acceptors (Lipinski definition) is 4. The molecule has 2 rings (SSSR count). The van der Waals surface area contributed by atoms with Crippen molar-refractivity contribution in [1.82, 2.24) is 0 Å². The van der Waals surface area contributed by atoms with E-state index in [4.69, 9.17) is 14.6 Å². The quantitative estimate of drug-likeness (QED) is 0.811. The van der Waals surface area contributed by atoms with Gasteiger partial charge in [-0.1, -0.05) is 30.3 Å². The van der Waals surface area contributed by atoms with Gasteiger partial charge < -0.3 is 19.7 Å². The Morgan fingerprint density at radius 2 is 2.11 bits per heavy atom. The monoisotopic (exact) mass is 252 g/mol. The fourth-order valence-electron chi connectivity index (χ4n) is 1.90. The molecule has 0 amide bonds. The largest absolute Gasteiger partial charge is 0.479 e. The van der Waals surface area contributed by atoms with Gasteiger partial charge in [0.15, 0.2) is 6.10 Å². The zero-order valence-corrected chi connectivity index (χ0v) is 9.86. The van der Waals surface area contributed by atoms with Crippen LogP contribution < -0.4 is 0 Å². The van der Waals surface area contributed by atoms with Crippen LogP contribution in [-0.4, -0.2) is 41.1 Å².